The van der Waals surface area contributed by atoms with Gasteiger partial charge in [0.1, 0.15) is 0 Å². The molecule has 2 aliphatic carbocycles. The lowest BCUT2D eigenvalue weighted by Crippen LogP contribution is -2.47. The molecule has 2 N–H and O–H groups in total. The van der Waals surface area contributed by atoms with Gasteiger partial charge in [-0.2, -0.15) is 5.10 Å². The summed E-state index contributed by atoms with van der Waals surface area (Å²) in [5.74, 6) is 0. The number of amides is 2. The van der Waals surface area contributed by atoms with Crippen molar-refractivity contribution in [1.29, 1.82) is 0 Å². The number of carbonyl (C=O) groups excluding carboxylic acids is 1. The van der Waals surface area contributed by atoms with E-state index in [1.54, 1.807) is 29.2 Å². The summed E-state index contributed by atoms with van der Waals surface area (Å²) in [5.41, 5.74) is 1.58. The zero-order valence-electron chi connectivity index (χ0n) is 17.4. The lowest BCUT2D eigenvalue weighted by Gasteiger charge is -2.30. The van der Waals surface area contributed by atoms with Gasteiger partial charge >= 0.3 is 6.03 Å². The van der Waals surface area contributed by atoms with Crippen LogP contribution in [0.2, 0.25) is 0 Å². The van der Waals surface area contributed by atoms with Crippen LogP contribution in [0.5, 0.6) is 0 Å². The predicted octanol–water partition coefficient (Wildman–Crippen LogP) is 3.81. The Morgan fingerprint density at radius 2 is 1.60 bits per heavy atom. The van der Waals surface area contributed by atoms with Crippen molar-refractivity contribution in [2.75, 3.05) is 0 Å². The van der Waals surface area contributed by atoms with E-state index in [0.29, 0.717) is 6.04 Å². The quantitative estimate of drug-likeness (QED) is 0.752. The number of aromatic nitrogens is 3. The highest BCUT2D eigenvalue weighted by Gasteiger charge is 2.25. The van der Waals surface area contributed by atoms with Gasteiger partial charge in [-0.15, -0.1) is 0 Å². The van der Waals surface area contributed by atoms with Crippen molar-refractivity contribution in [1.82, 2.24) is 25.4 Å². The molecular weight excluding hydrogens is 378 g/mol. The van der Waals surface area contributed by atoms with Gasteiger partial charge in [0.25, 0.3) is 5.56 Å². The van der Waals surface area contributed by atoms with Gasteiger partial charge < -0.3 is 10.6 Å². The molecule has 0 bridgehead atoms. The molecular formula is C23H31N5O2. The van der Waals surface area contributed by atoms with Gasteiger partial charge in [-0.25, -0.2) is 9.48 Å². The van der Waals surface area contributed by atoms with E-state index in [-0.39, 0.29) is 23.7 Å². The molecule has 0 aliphatic heterocycles. The van der Waals surface area contributed by atoms with Gasteiger partial charge in [-0.05, 0) is 56.7 Å². The van der Waals surface area contributed by atoms with E-state index in [4.69, 9.17) is 0 Å². The van der Waals surface area contributed by atoms with Gasteiger partial charge in [-0.1, -0.05) is 25.7 Å². The second-order valence-electron chi connectivity index (χ2n) is 8.55. The van der Waals surface area contributed by atoms with E-state index in [0.717, 1.165) is 49.8 Å². The Morgan fingerprint density at radius 1 is 0.900 bits per heavy atom. The van der Waals surface area contributed by atoms with Gasteiger partial charge in [0.2, 0.25) is 0 Å². The summed E-state index contributed by atoms with van der Waals surface area (Å²) < 4.78 is 1.62. The SMILES string of the molecule is O=C(NC1CCCCCC1)NC1CCC(n2nc(-c3cccnc3)ccc2=O)CC1. The average molecular weight is 410 g/mol. The van der Waals surface area contributed by atoms with Crippen LogP contribution in [0, 0.1) is 0 Å². The summed E-state index contributed by atoms with van der Waals surface area (Å²) in [6.45, 7) is 0. The first-order valence-electron chi connectivity index (χ1n) is 11.3. The number of hydrogen-bond donors (Lipinski definition) is 2. The lowest BCUT2D eigenvalue weighted by atomic mass is 9.91. The van der Waals surface area contributed by atoms with Crippen LogP contribution in [0.15, 0.2) is 41.5 Å². The van der Waals surface area contributed by atoms with E-state index in [1.165, 1.54) is 25.7 Å². The number of pyridine rings is 1. The topological polar surface area (TPSA) is 88.9 Å². The normalized spacial score (nSPS) is 22.8. The van der Waals surface area contributed by atoms with Gasteiger partial charge in [0, 0.05) is 36.1 Å². The van der Waals surface area contributed by atoms with Crippen LogP contribution in [0.4, 0.5) is 4.79 Å². The van der Waals surface area contributed by atoms with Crippen LogP contribution in [-0.2, 0) is 0 Å². The fourth-order valence-corrected chi connectivity index (χ4v) is 4.66. The minimum atomic E-state index is -0.0786. The molecule has 30 heavy (non-hydrogen) atoms. The molecule has 2 saturated carbocycles. The molecule has 2 aliphatic rings. The van der Waals surface area contributed by atoms with Gasteiger partial charge in [-0.3, -0.25) is 9.78 Å². The van der Waals surface area contributed by atoms with E-state index in [2.05, 4.69) is 20.7 Å². The van der Waals surface area contributed by atoms with Crippen molar-refractivity contribution in [3.63, 3.8) is 0 Å². The highest BCUT2D eigenvalue weighted by molar-refractivity contribution is 5.74. The number of carbonyl (C=O) groups is 1. The molecule has 4 rings (SSSR count). The van der Waals surface area contributed by atoms with E-state index < -0.39 is 0 Å². The Morgan fingerprint density at radius 3 is 2.27 bits per heavy atom. The van der Waals surface area contributed by atoms with Crippen LogP contribution < -0.4 is 16.2 Å². The number of nitrogens with zero attached hydrogens (tertiary/aromatic N) is 3. The predicted molar refractivity (Wildman–Crippen MR) is 116 cm³/mol. The summed E-state index contributed by atoms with van der Waals surface area (Å²) in [7, 11) is 0. The van der Waals surface area contributed by atoms with Crippen molar-refractivity contribution in [3.8, 4) is 11.3 Å². The molecule has 7 heteroatoms. The summed E-state index contributed by atoms with van der Waals surface area (Å²) >= 11 is 0. The molecule has 0 aromatic carbocycles. The Labute approximate surface area is 177 Å². The maximum atomic E-state index is 12.4. The summed E-state index contributed by atoms with van der Waals surface area (Å²) in [6.07, 6.45) is 14.0. The first-order chi connectivity index (χ1) is 14.7. The van der Waals surface area contributed by atoms with Crippen LogP contribution in [0.3, 0.4) is 0 Å². The van der Waals surface area contributed by atoms with E-state index >= 15 is 0 Å². The second kappa shape index (κ2) is 9.87. The zero-order chi connectivity index (χ0) is 20.8. The van der Waals surface area contributed by atoms with Crippen LogP contribution >= 0.6 is 0 Å². The van der Waals surface area contributed by atoms with E-state index in [9.17, 15) is 9.59 Å². The largest absolute Gasteiger partial charge is 0.335 e. The minimum absolute atomic E-state index is 0.0424. The van der Waals surface area contributed by atoms with Crippen LogP contribution in [-0.4, -0.2) is 32.9 Å². The monoisotopic (exact) mass is 409 g/mol. The summed E-state index contributed by atoms with van der Waals surface area (Å²) in [5, 5.41) is 10.9. The third-order valence-electron chi connectivity index (χ3n) is 6.35. The Balaban J connectivity index is 1.32. The number of hydrogen-bond acceptors (Lipinski definition) is 4. The molecule has 0 radical (unpaired) electrons. The minimum Gasteiger partial charge on any atom is -0.335 e. The van der Waals surface area contributed by atoms with Gasteiger partial charge in [0.15, 0.2) is 0 Å². The lowest BCUT2D eigenvalue weighted by molar-refractivity contribution is 0.220. The highest BCUT2D eigenvalue weighted by atomic mass is 16.2. The molecule has 2 aromatic rings. The number of rotatable bonds is 4. The molecule has 2 amide bonds. The van der Waals surface area contributed by atoms with Crippen molar-refractivity contribution >= 4 is 6.03 Å². The smallest absolute Gasteiger partial charge is 0.315 e. The molecule has 7 nitrogen and oxygen atoms in total. The maximum absolute atomic E-state index is 12.4. The molecule has 0 atom stereocenters. The standard InChI is InChI=1S/C23H31N5O2/c29-22-14-13-21(17-6-5-15-24-16-17)27-28(22)20-11-9-19(10-12-20)26-23(30)25-18-7-3-1-2-4-8-18/h5-6,13-16,18-20H,1-4,7-12H2,(H2,25,26,30). The molecule has 2 fully saturated rings. The highest BCUT2D eigenvalue weighted by Crippen LogP contribution is 2.27. The Kier molecular flexibility index (Phi) is 6.77. The average Bonchev–Trinajstić information content (AvgIpc) is 3.04. The Hall–Kier alpha value is -2.70. The van der Waals surface area contributed by atoms with Gasteiger partial charge in [0.05, 0.1) is 11.7 Å². The summed E-state index contributed by atoms with van der Waals surface area (Å²) in [6, 6.07) is 7.63. The molecule has 0 spiro atoms. The maximum Gasteiger partial charge on any atom is 0.315 e. The number of nitrogens with one attached hydrogen (secondary N) is 2. The first kappa shape index (κ1) is 20.6. The van der Waals surface area contributed by atoms with Crippen molar-refractivity contribution in [3.05, 3.63) is 47.0 Å². The Bertz CT molecular complexity index is 882. The van der Waals surface area contributed by atoms with Crippen LogP contribution in [0.1, 0.15) is 70.3 Å². The summed E-state index contributed by atoms with van der Waals surface area (Å²) in [4.78, 5) is 29.0. The fraction of sp³-hybridized carbons (Fsp3) is 0.565. The molecule has 0 unspecified atom stereocenters. The molecule has 0 saturated heterocycles. The van der Waals surface area contributed by atoms with Crippen molar-refractivity contribution < 1.29 is 4.79 Å². The third-order valence-corrected chi connectivity index (χ3v) is 6.35. The molecule has 2 heterocycles. The molecule has 160 valence electrons. The third kappa shape index (κ3) is 5.26. The van der Waals surface area contributed by atoms with E-state index in [1.807, 2.05) is 12.1 Å². The molecule has 2 aromatic heterocycles. The van der Waals surface area contributed by atoms with Crippen LogP contribution in [0.25, 0.3) is 11.3 Å². The van der Waals surface area contributed by atoms with Crippen molar-refractivity contribution in [2.24, 2.45) is 0 Å². The number of urea groups is 1. The van der Waals surface area contributed by atoms with Crippen molar-refractivity contribution in [2.45, 2.75) is 82.3 Å². The first-order valence-corrected chi connectivity index (χ1v) is 11.3. The second-order valence-corrected chi connectivity index (χ2v) is 8.55. The zero-order valence-corrected chi connectivity index (χ0v) is 17.4. The fourth-order valence-electron chi connectivity index (χ4n) is 4.66.